The summed E-state index contributed by atoms with van der Waals surface area (Å²) in [7, 11) is 0. The number of fused-ring (bicyclic) bond motifs is 1. The Morgan fingerprint density at radius 2 is 2.00 bits per heavy atom. The van der Waals surface area contributed by atoms with E-state index in [1.165, 1.54) is 6.07 Å². The maximum Gasteiger partial charge on any atom is 0.257 e. The number of nitrogens with one attached hydrogen (secondary N) is 1. The Labute approximate surface area is 117 Å². The van der Waals surface area contributed by atoms with Crippen molar-refractivity contribution in [2.75, 3.05) is 23.3 Å². The molecule has 1 saturated heterocycles. The van der Waals surface area contributed by atoms with Crippen LogP contribution in [0.15, 0.2) is 12.1 Å². The van der Waals surface area contributed by atoms with Crippen molar-refractivity contribution in [3.8, 4) is 0 Å². The van der Waals surface area contributed by atoms with Gasteiger partial charge in [0.05, 0.1) is 5.69 Å². The summed E-state index contributed by atoms with van der Waals surface area (Å²) < 4.78 is 14.2. The molecule has 0 saturated carbocycles. The Morgan fingerprint density at radius 1 is 1.35 bits per heavy atom. The van der Waals surface area contributed by atoms with E-state index < -0.39 is 12.0 Å². The molecule has 0 radical (unpaired) electrons. The highest BCUT2D eigenvalue weighted by atomic mass is 19.1. The van der Waals surface area contributed by atoms with Crippen LogP contribution in [0, 0.1) is 11.2 Å². The van der Waals surface area contributed by atoms with E-state index in [0.29, 0.717) is 22.4 Å². The molecule has 1 unspecified atom stereocenters. The van der Waals surface area contributed by atoms with Gasteiger partial charge in [-0.1, -0.05) is 13.8 Å². The van der Waals surface area contributed by atoms with Crippen molar-refractivity contribution in [2.45, 2.75) is 32.8 Å². The van der Waals surface area contributed by atoms with Crippen LogP contribution in [0.1, 0.15) is 38.4 Å². The van der Waals surface area contributed by atoms with Crippen LogP contribution in [-0.2, 0) is 4.79 Å². The standard InChI is InChI=1S/C15H19FN2O2/c1-15(2)3-5-18(6-4-15)12-8-11-9(7-10(12)16)13(19)14(20)17-11/h7-8,13,19H,3-6H2,1-2H3,(H,17,20). The maximum absolute atomic E-state index is 14.2. The number of benzene rings is 1. The number of rotatable bonds is 1. The molecule has 20 heavy (non-hydrogen) atoms. The monoisotopic (exact) mass is 278 g/mol. The first-order valence-corrected chi connectivity index (χ1v) is 6.95. The fourth-order valence-corrected chi connectivity index (χ4v) is 2.85. The molecule has 2 aliphatic rings. The summed E-state index contributed by atoms with van der Waals surface area (Å²) in [5, 5.41) is 12.2. The molecule has 1 amide bonds. The highest BCUT2D eigenvalue weighted by Gasteiger charge is 2.32. The fraction of sp³-hybridized carbons (Fsp3) is 0.533. The van der Waals surface area contributed by atoms with Gasteiger partial charge in [0.2, 0.25) is 0 Å². The van der Waals surface area contributed by atoms with Gasteiger partial charge in [0.1, 0.15) is 5.82 Å². The summed E-state index contributed by atoms with van der Waals surface area (Å²) in [6.07, 6.45) is 0.769. The van der Waals surface area contributed by atoms with Crippen molar-refractivity contribution >= 4 is 17.3 Å². The molecule has 2 aliphatic heterocycles. The highest BCUT2D eigenvalue weighted by molar-refractivity contribution is 6.02. The normalized spacial score (nSPS) is 24.5. The predicted octanol–water partition coefficient (Wildman–Crippen LogP) is 2.44. The molecule has 1 aromatic carbocycles. The van der Waals surface area contributed by atoms with Gasteiger partial charge in [0.25, 0.3) is 5.91 Å². The number of aliphatic hydroxyl groups excluding tert-OH is 1. The molecule has 1 atom stereocenters. The molecular formula is C15H19FN2O2. The topological polar surface area (TPSA) is 52.6 Å². The number of hydrogen-bond donors (Lipinski definition) is 2. The van der Waals surface area contributed by atoms with Gasteiger partial charge < -0.3 is 15.3 Å². The third-order valence-electron chi connectivity index (χ3n) is 4.38. The van der Waals surface area contributed by atoms with Gasteiger partial charge in [-0.25, -0.2) is 4.39 Å². The van der Waals surface area contributed by atoms with Crippen LogP contribution in [0.2, 0.25) is 0 Å². The molecule has 0 bridgehead atoms. The quantitative estimate of drug-likeness (QED) is 0.829. The van der Waals surface area contributed by atoms with Crippen molar-refractivity contribution in [3.05, 3.63) is 23.5 Å². The molecule has 2 N–H and O–H groups in total. The summed E-state index contributed by atoms with van der Waals surface area (Å²) in [6, 6.07) is 2.91. The lowest BCUT2D eigenvalue weighted by atomic mass is 9.82. The van der Waals surface area contributed by atoms with E-state index in [2.05, 4.69) is 19.2 Å². The largest absolute Gasteiger partial charge is 0.378 e. The molecule has 0 aliphatic carbocycles. The van der Waals surface area contributed by atoms with Gasteiger partial charge in [-0.2, -0.15) is 0 Å². The number of piperidine rings is 1. The lowest BCUT2D eigenvalue weighted by Gasteiger charge is -2.38. The minimum Gasteiger partial charge on any atom is -0.378 e. The molecule has 0 aromatic heterocycles. The average Bonchev–Trinajstić information content (AvgIpc) is 2.65. The maximum atomic E-state index is 14.2. The van der Waals surface area contributed by atoms with Crippen molar-refractivity contribution < 1.29 is 14.3 Å². The van der Waals surface area contributed by atoms with Crippen LogP contribution in [0.25, 0.3) is 0 Å². The Kier molecular flexibility index (Phi) is 2.97. The first kappa shape index (κ1) is 13.4. The van der Waals surface area contributed by atoms with E-state index >= 15 is 0 Å². The smallest absolute Gasteiger partial charge is 0.257 e. The highest BCUT2D eigenvalue weighted by Crippen LogP contribution is 2.38. The molecular weight excluding hydrogens is 259 g/mol. The SMILES string of the molecule is CC1(C)CCN(c2cc3c(cc2F)C(O)C(=O)N3)CC1. The van der Waals surface area contributed by atoms with Crippen LogP contribution < -0.4 is 10.2 Å². The fourth-order valence-electron chi connectivity index (χ4n) is 2.85. The summed E-state index contributed by atoms with van der Waals surface area (Å²) in [5.74, 6) is -0.865. The van der Waals surface area contributed by atoms with Crippen LogP contribution >= 0.6 is 0 Å². The van der Waals surface area contributed by atoms with Gasteiger partial charge in [-0.05, 0) is 30.4 Å². The van der Waals surface area contributed by atoms with E-state index in [9.17, 15) is 14.3 Å². The van der Waals surface area contributed by atoms with E-state index in [-0.39, 0.29) is 5.82 Å². The minimum atomic E-state index is -1.26. The van der Waals surface area contributed by atoms with Gasteiger partial charge in [-0.15, -0.1) is 0 Å². The van der Waals surface area contributed by atoms with Gasteiger partial charge in [0.15, 0.2) is 6.10 Å². The average molecular weight is 278 g/mol. The molecule has 1 fully saturated rings. The number of carbonyl (C=O) groups is 1. The van der Waals surface area contributed by atoms with Crippen LogP contribution in [-0.4, -0.2) is 24.1 Å². The number of nitrogens with zero attached hydrogens (tertiary/aromatic N) is 1. The first-order chi connectivity index (χ1) is 9.37. The second-order valence-corrected chi connectivity index (χ2v) is 6.43. The Morgan fingerprint density at radius 3 is 2.65 bits per heavy atom. The van der Waals surface area contributed by atoms with E-state index in [1.807, 2.05) is 4.90 Å². The van der Waals surface area contributed by atoms with Crippen molar-refractivity contribution in [1.29, 1.82) is 0 Å². The molecule has 4 nitrogen and oxygen atoms in total. The zero-order valence-electron chi connectivity index (χ0n) is 11.7. The minimum absolute atomic E-state index is 0.300. The molecule has 3 rings (SSSR count). The van der Waals surface area contributed by atoms with Crippen molar-refractivity contribution in [2.24, 2.45) is 5.41 Å². The molecule has 1 aromatic rings. The lowest BCUT2D eigenvalue weighted by molar-refractivity contribution is -0.123. The number of halogens is 1. The van der Waals surface area contributed by atoms with Gasteiger partial charge in [0, 0.05) is 24.3 Å². The number of anilines is 2. The number of hydrogen-bond acceptors (Lipinski definition) is 3. The zero-order chi connectivity index (χ0) is 14.5. The Bertz CT molecular complexity index is 561. The predicted molar refractivity (Wildman–Crippen MR) is 75.2 cm³/mol. The lowest BCUT2D eigenvalue weighted by Crippen LogP contribution is -2.37. The third kappa shape index (κ3) is 2.16. The van der Waals surface area contributed by atoms with Gasteiger partial charge >= 0.3 is 0 Å². The number of amides is 1. The summed E-state index contributed by atoms with van der Waals surface area (Å²) in [4.78, 5) is 13.4. The molecule has 5 heteroatoms. The molecule has 0 spiro atoms. The Balaban J connectivity index is 1.89. The van der Waals surface area contributed by atoms with Gasteiger partial charge in [-0.3, -0.25) is 4.79 Å². The third-order valence-corrected chi connectivity index (χ3v) is 4.38. The van der Waals surface area contributed by atoms with Crippen molar-refractivity contribution in [1.82, 2.24) is 0 Å². The number of carbonyl (C=O) groups excluding carboxylic acids is 1. The summed E-state index contributed by atoms with van der Waals surface area (Å²) in [5.41, 5.74) is 1.65. The van der Waals surface area contributed by atoms with Crippen LogP contribution in [0.3, 0.4) is 0 Å². The van der Waals surface area contributed by atoms with E-state index in [4.69, 9.17) is 0 Å². The van der Waals surface area contributed by atoms with Crippen LogP contribution in [0.5, 0.6) is 0 Å². The zero-order valence-corrected chi connectivity index (χ0v) is 11.7. The molecule has 2 heterocycles. The second-order valence-electron chi connectivity index (χ2n) is 6.43. The number of aliphatic hydroxyl groups is 1. The summed E-state index contributed by atoms with van der Waals surface area (Å²) in [6.45, 7) is 6.05. The summed E-state index contributed by atoms with van der Waals surface area (Å²) >= 11 is 0. The van der Waals surface area contributed by atoms with E-state index in [1.54, 1.807) is 6.07 Å². The van der Waals surface area contributed by atoms with Crippen LogP contribution in [0.4, 0.5) is 15.8 Å². The first-order valence-electron chi connectivity index (χ1n) is 6.95. The van der Waals surface area contributed by atoms with E-state index in [0.717, 1.165) is 25.9 Å². The second kappa shape index (κ2) is 4.45. The Hall–Kier alpha value is -1.62. The van der Waals surface area contributed by atoms with Crippen molar-refractivity contribution in [3.63, 3.8) is 0 Å². The molecule has 108 valence electrons.